The third kappa shape index (κ3) is 7.50. The lowest BCUT2D eigenvalue weighted by molar-refractivity contribution is -0.192. The molecule has 1 aliphatic heterocycles. The van der Waals surface area contributed by atoms with Gasteiger partial charge in [-0.3, -0.25) is 14.0 Å². The summed E-state index contributed by atoms with van der Waals surface area (Å²) in [5.74, 6) is -3.64. The van der Waals surface area contributed by atoms with Gasteiger partial charge in [-0.25, -0.2) is 9.18 Å². The zero-order valence-corrected chi connectivity index (χ0v) is 21.9. The van der Waals surface area contributed by atoms with Crippen molar-refractivity contribution in [1.82, 2.24) is 19.2 Å². The highest BCUT2D eigenvalue weighted by molar-refractivity contribution is 6.42. The first kappa shape index (κ1) is 30.4. The summed E-state index contributed by atoms with van der Waals surface area (Å²) in [5.41, 5.74) is 7.05. The van der Waals surface area contributed by atoms with Gasteiger partial charge in [0.1, 0.15) is 16.5 Å². The Morgan fingerprint density at radius 1 is 1.10 bits per heavy atom. The van der Waals surface area contributed by atoms with Crippen LogP contribution in [0.2, 0.25) is 10.2 Å². The summed E-state index contributed by atoms with van der Waals surface area (Å²) < 4.78 is 47.9. The van der Waals surface area contributed by atoms with E-state index in [0.717, 1.165) is 19.5 Å². The number of carboxylic acids is 1. The Balaban J connectivity index is 0.000000532. The fourth-order valence-corrected chi connectivity index (χ4v) is 4.57. The number of aliphatic carboxylic acids is 1. The van der Waals surface area contributed by atoms with Gasteiger partial charge in [0.25, 0.3) is 11.5 Å². The van der Waals surface area contributed by atoms with Gasteiger partial charge in [0, 0.05) is 51.0 Å². The first-order valence-electron chi connectivity index (χ1n) is 11.7. The summed E-state index contributed by atoms with van der Waals surface area (Å²) >= 11 is 12.4. The molecule has 0 atom stereocenters. The number of halogens is 6. The molecular weight excluding hydrogens is 569 g/mol. The molecule has 9 nitrogen and oxygen atoms in total. The Labute approximate surface area is 229 Å². The number of hydrogen-bond acceptors (Lipinski definition) is 5. The van der Waals surface area contributed by atoms with Gasteiger partial charge in [0.05, 0.1) is 10.6 Å². The average Bonchev–Trinajstić information content (AvgIpc) is 3.03. The zero-order chi connectivity index (χ0) is 28.9. The molecule has 1 amide bonds. The number of amides is 1. The second kappa shape index (κ2) is 12.8. The van der Waals surface area contributed by atoms with Crippen LogP contribution >= 0.6 is 23.2 Å². The number of H-pyrrole nitrogens is 1. The van der Waals surface area contributed by atoms with Gasteiger partial charge < -0.3 is 25.6 Å². The lowest BCUT2D eigenvalue weighted by Gasteiger charge is -2.22. The number of carbonyl (C=O) groups is 2. The Hall–Kier alpha value is -3.13. The van der Waals surface area contributed by atoms with Gasteiger partial charge in [-0.15, -0.1) is 0 Å². The molecule has 1 aliphatic rings. The minimum absolute atomic E-state index is 0.0343. The lowest BCUT2D eigenvalue weighted by Crippen LogP contribution is -2.36. The van der Waals surface area contributed by atoms with Crippen molar-refractivity contribution in [2.24, 2.45) is 5.73 Å². The number of nitrogens with zero attached hydrogens (tertiary/aromatic N) is 3. The monoisotopic (exact) mass is 593 g/mol. The van der Waals surface area contributed by atoms with E-state index in [0.29, 0.717) is 49.4 Å². The molecule has 1 fully saturated rings. The van der Waals surface area contributed by atoms with Crippen LogP contribution in [-0.2, 0) is 11.2 Å². The largest absolute Gasteiger partial charge is 0.490 e. The van der Waals surface area contributed by atoms with Crippen LogP contribution in [0.3, 0.4) is 0 Å². The molecule has 4 rings (SSSR count). The van der Waals surface area contributed by atoms with Crippen molar-refractivity contribution in [3.8, 4) is 0 Å². The van der Waals surface area contributed by atoms with Crippen molar-refractivity contribution in [3.63, 3.8) is 0 Å². The van der Waals surface area contributed by atoms with Crippen LogP contribution in [0.4, 0.5) is 17.6 Å². The fraction of sp³-hybridized carbons (Fsp3) is 0.375. The molecule has 1 saturated heterocycles. The number of rotatable bonds is 5. The topological polar surface area (TPSA) is 124 Å². The fourth-order valence-electron chi connectivity index (χ4n) is 4.13. The van der Waals surface area contributed by atoms with Crippen molar-refractivity contribution in [2.45, 2.75) is 19.0 Å². The maximum absolute atomic E-state index is 14.6. The number of benzene rings is 1. The van der Waals surface area contributed by atoms with Crippen LogP contribution in [-0.4, -0.2) is 81.6 Å². The molecule has 0 radical (unpaired) electrons. The molecule has 212 valence electrons. The first-order valence-corrected chi connectivity index (χ1v) is 12.5. The van der Waals surface area contributed by atoms with E-state index in [9.17, 15) is 27.2 Å². The Morgan fingerprint density at radius 3 is 2.44 bits per heavy atom. The van der Waals surface area contributed by atoms with E-state index >= 15 is 0 Å². The summed E-state index contributed by atoms with van der Waals surface area (Å²) in [6, 6.07) is 5.98. The average molecular weight is 594 g/mol. The molecule has 3 heterocycles. The highest BCUT2D eigenvalue weighted by Crippen LogP contribution is 2.27. The molecule has 0 spiro atoms. The van der Waals surface area contributed by atoms with Crippen molar-refractivity contribution in [2.75, 3.05) is 39.3 Å². The molecule has 0 bridgehead atoms. The minimum Gasteiger partial charge on any atom is -0.475 e. The quantitative estimate of drug-likeness (QED) is 0.389. The van der Waals surface area contributed by atoms with Crippen LogP contribution in [0.1, 0.15) is 28.0 Å². The number of carbonyl (C=O) groups excluding carboxylic acids is 1. The molecule has 2 aromatic heterocycles. The van der Waals surface area contributed by atoms with E-state index in [2.05, 4.69) is 9.88 Å². The Morgan fingerprint density at radius 2 is 1.79 bits per heavy atom. The van der Waals surface area contributed by atoms with E-state index in [-0.39, 0.29) is 27.2 Å². The predicted octanol–water partition coefficient (Wildman–Crippen LogP) is 3.40. The molecule has 0 saturated carbocycles. The highest BCUT2D eigenvalue weighted by atomic mass is 35.5. The number of aromatic nitrogens is 2. The maximum Gasteiger partial charge on any atom is 0.490 e. The van der Waals surface area contributed by atoms with Gasteiger partial charge in [-0.2, -0.15) is 13.2 Å². The van der Waals surface area contributed by atoms with Crippen LogP contribution in [0, 0.1) is 5.82 Å². The van der Waals surface area contributed by atoms with Crippen molar-refractivity contribution in [1.29, 1.82) is 0 Å². The van der Waals surface area contributed by atoms with E-state index in [4.69, 9.17) is 38.8 Å². The molecule has 4 N–H and O–H groups in total. The first-order chi connectivity index (χ1) is 18.3. The van der Waals surface area contributed by atoms with E-state index < -0.39 is 18.0 Å². The van der Waals surface area contributed by atoms with Gasteiger partial charge in [0.15, 0.2) is 0 Å². The standard InChI is InChI=1S/C22H24Cl2FN5O2.C2HF3O2/c23-17-12-19-21(31)27-13-15(30(19)20(17)24)10-14-2-3-18(25)16(11-14)22(32)29-6-1-5-28(7-4-26)8-9-29;3-2(4,5)1(6)7/h2-3,11-13H,1,4-10,26H2,(H,27,31);(H,6,7). The van der Waals surface area contributed by atoms with Crippen LogP contribution < -0.4 is 11.3 Å². The van der Waals surface area contributed by atoms with E-state index in [1.165, 1.54) is 12.1 Å². The van der Waals surface area contributed by atoms with Gasteiger partial charge in [-0.05, 0) is 36.7 Å². The van der Waals surface area contributed by atoms with Crippen LogP contribution in [0.15, 0.2) is 35.3 Å². The van der Waals surface area contributed by atoms with Crippen molar-refractivity contribution >= 4 is 40.6 Å². The number of alkyl halides is 3. The number of nitrogens with one attached hydrogen (secondary N) is 1. The Kier molecular flexibility index (Phi) is 9.99. The summed E-state index contributed by atoms with van der Waals surface area (Å²) in [4.78, 5) is 40.7. The van der Waals surface area contributed by atoms with Crippen molar-refractivity contribution < 1.29 is 32.3 Å². The molecule has 3 aromatic rings. The normalized spacial score (nSPS) is 14.6. The molecule has 1 aromatic carbocycles. The van der Waals surface area contributed by atoms with Gasteiger partial charge >= 0.3 is 12.1 Å². The number of aromatic amines is 1. The second-order valence-corrected chi connectivity index (χ2v) is 9.45. The second-order valence-electron chi connectivity index (χ2n) is 8.68. The SMILES string of the molecule is NCCN1CCCN(C(=O)c2cc(Cc3c[nH]c(=O)c4cc(Cl)c(Cl)n34)ccc2F)CC1.O=C(O)C(F)(F)F. The van der Waals surface area contributed by atoms with Crippen molar-refractivity contribution in [3.05, 3.63) is 73.6 Å². The van der Waals surface area contributed by atoms with E-state index in [1.54, 1.807) is 27.6 Å². The molecule has 39 heavy (non-hydrogen) atoms. The summed E-state index contributed by atoms with van der Waals surface area (Å²) in [6.07, 6.45) is -2.40. The molecule has 15 heteroatoms. The number of fused-ring (bicyclic) bond motifs is 1. The number of carboxylic acid groups (broad SMARTS) is 1. The van der Waals surface area contributed by atoms with Gasteiger partial charge in [-0.1, -0.05) is 29.3 Å². The maximum atomic E-state index is 14.6. The third-order valence-electron chi connectivity index (χ3n) is 6.00. The molecule has 0 unspecified atom stereocenters. The summed E-state index contributed by atoms with van der Waals surface area (Å²) in [5, 5.41) is 7.62. The molecular formula is C24H25Cl2F4N5O4. The van der Waals surface area contributed by atoms with Crippen LogP contribution in [0.25, 0.3) is 5.52 Å². The summed E-state index contributed by atoms with van der Waals surface area (Å²) in [7, 11) is 0. The molecule has 0 aliphatic carbocycles. The van der Waals surface area contributed by atoms with Crippen LogP contribution in [0.5, 0.6) is 0 Å². The minimum atomic E-state index is -5.08. The third-order valence-corrected chi connectivity index (χ3v) is 6.75. The Bertz CT molecular complexity index is 1410. The highest BCUT2D eigenvalue weighted by Gasteiger charge is 2.38. The van der Waals surface area contributed by atoms with E-state index in [1.807, 2.05) is 0 Å². The smallest absolute Gasteiger partial charge is 0.475 e. The predicted molar refractivity (Wildman–Crippen MR) is 137 cm³/mol. The number of hydrogen-bond donors (Lipinski definition) is 3. The summed E-state index contributed by atoms with van der Waals surface area (Å²) in [6.45, 7) is 4.03. The van der Waals surface area contributed by atoms with Gasteiger partial charge in [0.2, 0.25) is 0 Å². The zero-order valence-electron chi connectivity index (χ0n) is 20.4. The lowest BCUT2D eigenvalue weighted by atomic mass is 10.0. The number of nitrogens with two attached hydrogens (primary N) is 1.